The number of anilines is 2. The number of thiophene rings is 1. The van der Waals surface area contributed by atoms with E-state index in [1.54, 1.807) is 6.07 Å². The van der Waals surface area contributed by atoms with Crippen LogP contribution in [-0.2, 0) is 9.53 Å². The normalized spacial score (nSPS) is 18.0. The number of halogens is 1. The molecule has 8 heteroatoms. The van der Waals surface area contributed by atoms with Gasteiger partial charge in [-0.05, 0) is 42.5 Å². The minimum Gasteiger partial charge on any atom is -0.378 e. The molecule has 4 rings (SSSR count). The topological polar surface area (TPSA) is 61.9 Å². The summed E-state index contributed by atoms with van der Waals surface area (Å²) in [5.41, 5.74) is 1.71. The standard InChI is InChI=1S/C21H24ClN3O3S/c22-16-3-4-18(24-9-11-28-12-10-24)17(14-16)23-20(26)15-5-7-25(8-6-15)21(27)19-2-1-13-29-19/h1-4,13-15H,5-12H2,(H,23,26). The van der Waals surface area contributed by atoms with Crippen molar-refractivity contribution in [2.24, 2.45) is 5.92 Å². The summed E-state index contributed by atoms with van der Waals surface area (Å²) in [7, 11) is 0. The van der Waals surface area contributed by atoms with Crippen LogP contribution in [0.2, 0.25) is 5.02 Å². The van der Waals surface area contributed by atoms with Gasteiger partial charge in [-0.3, -0.25) is 9.59 Å². The molecule has 1 aromatic carbocycles. The van der Waals surface area contributed by atoms with E-state index < -0.39 is 0 Å². The van der Waals surface area contributed by atoms with Gasteiger partial charge in [0.2, 0.25) is 5.91 Å². The van der Waals surface area contributed by atoms with E-state index in [4.69, 9.17) is 16.3 Å². The van der Waals surface area contributed by atoms with E-state index in [9.17, 15) is 9.59 Å². The molecule has 154 valence electrons. The van der Waals surface area contributed by atoms with Crippen LogP contribution in [-0.4, -0.2) is 56.1 Å². The van der Waals surface area contributed by atoms with Gasteiger partial charge in [0.15, 0.2) is 0 Å². The number of carbonyl (C=O) groups excluding carboxylic acids is 2. The van der Waals surface area contributed by atoms with Gasteiger partial charge in [0, 0.05) is 37.1 Å². The van der Waals surface area contributed by atoms with Crippen molar-refractivity contribution in [2.45, 2.75) is 12.8 Å². The number of morpholine rings is 1. The highest BCUT2D eigenvalue weighted by Crippen LogP contribution is 2.31. The second kappa shape index (κ2) is 9.15. The van der Waals surface area contributed by atoms with Crippen molar-refractivity contribution in [3.05, 3.63) is 45.6 Å². The maximum Gasteiger partial charge on any atom is 0.263 e. The lowest BCUT2D eigenvalue weighted by atomic mass is 9.95. The van der Waals surface area contributed by atoms with Crippen LogP contribution in [0.4, 0.5) is 11.4 Å². The number of hydrogen-bond donors (Lipinski definition) is 1. The molecule has 0 spiro atoms. The first kappa shape index (κ1) is 20.2. The molecule has 1 N–H and O–H groups in total. The Morgan fingerprint density at radius 1 is 1.10 bits per heavy atom. The third-order valence-electron chi connectivity index (χ3n) is 5.45. The maximum atomic E-state index is 12.9. The summed E-state index contributed by atoms with van der Waals surface area (Å²) in [6.45, 7) is 4.11. The summed E-state index contributed by atoms with van der Waals surface area (Å²) in [6, 6.07) is 9.33. The lowest BCUT2D eigenvalue weighted by Crippen LogP contribution is -2.41. The van der Waals surface area contributed by atoms with E-state index in [2.05, 4.69) is 10.2 Å². The van der Waals surface area contributed by atoms with Crippen molar-refractivity contribution in [3.8, 4) is 0 Å². The van der Waals surface area contributed by atoms with E-state index in [1.807, 2.05) is 34.5 Å². The van der Waals surface area contributed by atoms with Gasteiger partial charge in [-0.1, -0.05) is 17.7 Å². The number of rotatable bonds is 4. The first-order valence-electron chi connectivity index (χ1n) is 9.88. The molecule has 0 saturated carbocycles. The van der Waals surface area contributed by atoms with Crippen molar-refractivity contribution in [1.82, 2.24) is 4.90 Å². The molecule has 0 bridgehead atoms. The fraction of sp³-hybridized carbons (Fsp3) is 0.429. The van der Waals surface area contributed by atoms with E-state index in [1.165, 1.54) is 11.3 Å². The van der Waals surface area contributed by atoms with Crippen molar-refractivity contribution >= 4 is 46.1 Å². The SMILES string of the molecule is O=C(Nc1cc(Cl)ccc1N1CCOCC1)C1CCN(C(=O)c2cccs2)CC1. The van der Waals surface area contributed by atoms with Gasteiger partial charge in [0.05, 0.1) is 29.5 Å². The fourth-order valence-electron chi connectivity index (χ4n) is 3.82. The molecule has 29 heavy (non-hydrogen) atoms. The Morgan fingerprint density at radius 2 is 1.86 bits per heavy atom. The van der Waals surface area contributed by atoms with Crippen LogP contribution >= 0.6 is 22.9 Å². The molecule has 0 radical (unpaired) electrons. The van der Waals surface area contributed by atoms with Crippen LogP contribution < -0.4 is 10.2 Å². The van der Waals surface area contributed by atoms with E-state index in [0.717, 1.165) is 29.3 Å². The predicted molar refractivity (Wildman–Crippen MR) is 116 cm³/mol. The Labute approximate surface area is 179 Å². The molecule has 2 saturated heterocycles. The maximum absolute atomic E-state index is 12.9. The van der Waals surface area contributed by atoms with Crippen molar-refractivity contribution in [3.63, 3.8) is 0 Å². The Kier molecular flexibility index (Phi) is 6.37. The van der Waals surface area contributed by atoms with E-state index in [-0.39, 0.29) is 17.7 Å². The molecule has 0 atom stereocenters. The van der Waals surface area contributed by atoms with Crippen molar-refractivity contribution < 1.29 is 14.3 Å². The minimum absolute atomic E-state index is 0.00926. The molecule has 0 aliphatic carbocycles. The summed E-state index contributed by atoms with van der Waals surface area (Å²) in [5, 5.41) is 5.58. The zero-order chi connectivity index (χ0) is 20.2. The number of nitrogens with zero attached hydrogens (tertiary/aromatic N) is 2. The van der Waals surface area contributed by atoms with Gasteiger partial charge >= 0.3 is 0 Å². The Morgan fingerprint density at radius 3 is 2.55 bits per heavy atom. The zero-order valence-electron chi connectivity index (χ0n) is 16.1. The van der Waals surface area contributed by atoms with Crippen molar-refractivity contribution in [2.75, 3.05) is 49.6 Å². The summed E-state index contributed by atoms with van der Waals surface area (Å²) in [4.78, 5) is 30.2. The van der Waals surface area contributed by atoms with Crippen LogP contribution in [0.15, 0.2) is 35.7 Å². The highest BCUT2D eigenvalue weighted by Gasteiger charge is 2.29. The molecule has 2 aliphatic rings. The molecular formula is C21H24ClN3O3S. The smallest absolute Gasteiger partial charge is 0.263 e. The second-order valence-corrected chi connectivity index (χ2v) is 8.68. The molecule has 2 amide bonds. The quantitative estimate of drug-likeness (QED) is 0.798. The van der Waals surface area contributed by atoms with E-state index >= 15 is 0 Å². The van der Waals surface area contributed by atoms with Crippen LogP contribution in [0.1, 0.15) is 22.5 Å². The lowest BCUT2D eigenvalue weighted by molar-refractivity contribution is -0.121. The third kappa shape index (κ3) is 4.74. The first-order chi connectivity index (χ1) is 14.1. The number of hydrogen-bond acceptors (Lipinski definition) is 5. The number of likely N-dealkylation sites (tertiary alicyclic amines) is 1. The van der Waals surface area contributed by atoms with Gasteiger partial charge < -0.3 is 19.9 Å². The summed E-state index contributed by atoms with van der Waals surface area (Å²) in [5.74, 6) is -0.0628. The van der Waals surface area contributed by atoms with Gasteiger partial charge in [0.1, 0.15) is 0 Å². The molecule has 6 nitrogen and oxygen atoms in total. The minimum atomic E-state index is -0.112. The Bertz CT molecular complexity index is 860. The van der Waals surface area contributed by atoms with Gasteiger partial charge in [-0.2, -0.15) is 0 Å². The molecule has 2 aliphatic heterocycles. The zero-order valence-corrected chi connectivity index (χ0v) is 17.7. The number of piperidine rings is 1. The second-order valence-electron chi connectivity index (χ2n) is 7.29. The predicted octanol–water partition coefficient (Wildman–Crippen LogP) is 3.73. The third-order valence-corrected chi connectivity index (χ3v) is 6.55. The van der Waals surface area contributed by atoms with Crippen LogP contribution in [0.3, 0.4) is 0 Å². The summed E-state index contributed by atoms with van der Waals surface area (Å²) < 4.78 is 5.43. The average molecular weight is 434 g/mol. The van der Waals surface area contributed by atoms with Crippen molar-refractivity contribution in [1.29, 1.82) is 0 Å². The van der Waals surface area contributed by atoms with Gasteiger partial charge in [-0.25, -0.2) is 0 Å². The molecule has 1 aromatic heterocycles. The molecule has 0 unspecified atom stereocenters. The monoisotopic (exact) mass is 433 g/mol. The number of benzene rings is 1. The molecule has 2 fully saturated rings. The van der Waals surface area contributed by atoms with Crippen LogP contribution in [0.25, 0.3) is 0 Å². The molecular weight excluding hydrogens is 410 g/mol. The highest BCUT2D eigenvalue weighted by molar-refractivity contribution is 7.12. The van der Waals surface area contributed by atoms with Gasteiger partial charge in [-0.15, -0.1) is 11.3 Å². The average Bonchev–Trinajstić information content (AvgIpc) is 3.29. The lowest BCUT2D eigenvalue weighted by Gasteiger charge is -2.32. The largest absolute Gasteiger partial charge is 0.378 e. The Balaban J connectivity index is 1.39. The fourth-order valence-corrected chi connectivity index (χ4v) is 4.69. The molecule has 3 heterocycles. The van der Waals surface area contributed by atoms with Crippen LogP contribution in [0.5, 0.6) is 0 Å². The summed E-state index contributed by atoms with van der Waals surface area (Å²) >= 11 is 7.64. The number of carbonyl (C=O) groups is 2. The molecule has 2 aromatic rings. The highest BCUT2D eigenvalue weighted by atomic mass is 35.5. The number of amides is 2. The van der Waals surface area contributed by atoms with Gasteiger partial charge in [0.25, 0.3) is 5.91 Å². The summed E-state index contributed by atoms with van der Waals surface area (Å²) in [6.07, 6.45) is 1.33. The number of nitrogens with one attached hydrogen (secondary N) is 1. The first-order valence-corrected chi connectivity index (χ1v) is 11.1. The number of ether oxygens (including phenoxy) is 1. The van der Waals surface area contributed by atoms with Crippen LogP contribution in [0, 0.1) is 5.92 Å². The van der Waals surface area contributed by atoms with E-state index in [0.29, 0.717) is 44.2 Å². The Hall–Kier alpha value is -2.09.